The second kappa shape index (κ2) is 6.05. The normalized spacial score (nSPS) is 24.6. The smallest absolute Gasteiger partial charge is 0.399 e. The van der Waals surface area contributed by atoms with Crippen molar-refractivity contribution in [2.75, 3.05) is 5.75 Å². The van der Waals surface area contributed by atoms with Crippen molar-refractivity contribution >= 4 is 11.2 Å². The topological polar surface area (TPSA) is 23.1 Å². The molecular weight excluding hydrogens is 297 g/mol. The number of halogens is 3. The molecule has 2 rings (SSSR count). The van der Waals surface area contributed by atoms with Crippen LogP contribution in [0.5, 0.6) is 0 Å². The van der Waals surface area contributed by atoms with E-state index >= 15 is 0 Å². The van der Waals surface area contributed by atoms with Crippen LogP contribution >= 0.6 is 0 Å². The molecular formula is C16H18F3OS. The summed E-state index contributed by atoms with van der Waals surface area (Å²) < 4.78 is 53.2. The molecule has 0 saturated carbocycles. The minimum absolute atomic E-state index is 0.0787. The van der Waals surface area contributed by atoms with E-state index in [1.165, 1.54) is 0 Å². The maximum atomic E-state index is 13.6. The Labute approximate surface area is 126 Å². The van der Waals surface area contributed by atoms with Gasteiger partial charge in [-0.3, -0.25) is 0 Å². The highest BCUT2D eigenvalue weighted by atomic mass is 32.2. The molecule has 0 spiro atoms. The molecule has 1 nitrogen and oxygen atoms in total. The molecule has 0 heterocycles. The Morgan fingerprint density at radius 2 is 1.90 bits per heavy atom. The van der Waals surface area contributed by atoms with Gasteiger partial charge in [-0.05, 0) is 50.4 Å². The Bertz CT molecular complexity index is 539. The van der Waals surface area contributed by atoms with Gasteiger partial charge in [0.1, 0.15) is 11.2 Å². The van der Waals surface area contributed by atoms with Crippen LogP contribution in [0.4, 0.5) is 13.2 Å². The quantitative estimate of drug-likeness (QED) is 0.748. The fourth-order valence-electron chi connectivity index (χ4n) is 2.70. The lowest BCUT2D eigenvalue weighted by Crippen LogP contribution is -2.45. The predicted octanol–water partition coefficient (Wildman–Crippen LogP) is 4.60. The number of hydrogen-bond acceptors (Lipinski definition) is 1. The van der Waals surface area contributed by atoms with E-state index in [4.69, 9.17) is 0 Å². The lowest BCUT2D eigenvalue weighted by atomic mass is 9.75. The largest absolute Gasteiger partial charge is 0.611 e. The van der Waals surface area contributed by atoms with Crippen molar-refractivity contribution in [2.45, 2.75) is 37.8 Å². The summed E-state index contributed by atoms with van der Waals surface area (Å²) in [7, 11) is 0. The zero-order valence-corrected chi connectivity index (χ0v) is 12.9. The standard InChI is InChI=1S/C16H18F3OS/c1-12-6-5-9-15(10-12,16(17,18)19)11-21(20)14-8-4-3-7-13(14)2/h3-8H,9-11H2,1-2H3. The van der Waals surface area contributed by atoms with Crippen LogP contribution in [0.25, 0.3) is 0 Å². The molecule has 0 saturated heterocycles. The van der Waals surface area contributed by atoms with Crippen LogP contribution in [0.15, 0.2) is 40.8 Å². The Morgan fingerprint density at radius 3 is 2.48 bits per heavy atom. The van der Waals surface area contributed by atoms with Crippen LogP contribution in [0.3, 0.4) is 0 Å². The number of rotatable bonds is 3. The summed E-state index contributed by atoms with van der Waals surface area (Å²) in [6.07, 6.45) is -1.28. The third-order valence-electron chi connectivity index (χ3n) is 3.88. The Hall–Kier alpha value is -0.940. The van der Waals surface area contributed by atoms with Crippen molar-refractivity contribution in [3.05, 3.63) is 47.9 Å². The number of aryl methyl sites for hydroxylation is 1. The highest BCUT2D eigenvalue weighted by Crippen LogP contribution is 2.50. The number of alkyl halides is 3. The fourth-order valence-corrected chi connectivity index (χ4v) is 4.40. The van der Waals surface area contributed by atoms with Gasteiger partial charge in [0.15, 0.2) is 4.90 Å². The van der Waals surface area contributed by atoms with Gasteiger partial charge in [0.2, 0.25) is 0 Å². The van der Waals surface area contributed by atoms with E-state index in [1.54, 1.807) is 50.6 Å². The Kier molecular flexibility index (Phi) is 4.73. The van der Waals surface area contributed by atoms with Crippen LogP contribution < -0.4 is 0 Å². The van der Waals surface area contributed by atoms with Gasteiger partial charge in [-0.15, -0.1) is 0 Å². The Morgan fingerprint density at radius 1 is 1.24 bits per heavy atom. The van der Waals surface area contributed by atoms with E-state index in [0.29, 0.717) is 10.5 Å². The van der Waals surface area contributed by atoms with Gasteiger partial charge in [0.05, 0.1) is 0 Å². The van der Waals surface area contributed by atoms with Gasteiger partial charge in [0, 0.05) is 5.56 Å². The van der Waals surface area contributed by atoms with Crippen LogP contribution in [0.2, 0.25) is 0 Å². The van der Waals surface area contributed by atoms with Crippen molar-refractivity contribution in [3.63, 3.8) is 0 Å². The lowest BCUT2D eigenvalue weighted by molar-refractivity contribution is -0.216. The SMILES string of the molecule is CC1=C[CH]CC(C[S+]([O-])c2ccccc2C)(C(F)(F)F)C1. The minimum Gasteiger partial charge on any atom is -0.611 e. The Balaban J connectivity index is 2.28. The number of benzene rings is 1. The zero-order chi connectivity index (χ0) is 15.7. The summed E-state index contributed by atoms with van der Waals surface area (Å²) in [6, 6.07) is 6.91. The monoisotopic (exact) mass is 315 g/mol. The summed E-state index contributed by atoms with van der Waals surface area (Å²) in [6.45, 7) is 3.46. The molecule has 2 unspecified atom stereocenters. The second-order valence-corrected chi connectivity index (χ2v) is 7.08. The second-order valence-electron chi connectivity index (χ2n) is 5.66. The molecule has 1 aliphatic carbocycles. The zero-order valence-electron chi connectivity index (χ0n) is 12.0. The highest BCUT2D eigenvalue weighted by molar-refractivity contribution is 7.91. The van der Waals surface area contributed by atoms with Gasteiger partial charge >= 0.3 is 6.18 Å². The molecule has 0 N–H and O–H groups in total. The molecule has 1 aromatic carbocycles. The van der Waals surface area contributed by atoms with E-state index < -0.39 is 22.8 Å². The van der Waals surface area contributed by atoms with Gasteiger partial charge < -0.3 is 4.55 Å². The molecule has 115 valence electrons. The van der Waals surface area contributed by atoms with Crippen molar-refractivity contribution in [2.24, 2.45) is 5.41 Å². The molecule has 0 amide bonds. The average Bonchev–Trinajstić information content (AvgIpc) is 2.37. The van der Waals surface area contributed by atoms with E-state index in [0.717, 1.165) is 5.56 Å². The average molecular weight is 315 g/mol. The van der Waals surface area contributed by atoms with Crippen molar-refractivity contribution in [1.29, 1.82) is 0 Å². The third-order valence-corrected chi connectivity index (χ3v) is 5.64. The van der Waals surface area contributed by atoms with Crippen molar-refractivity contribution in [3.8, 4) is 0 Å². The predicted molar refractivity (Wildman–Crippen MR) is 78.2 cm³/mol. The maximum absolute atomic E-state index is 13.6. The van der Waals surface area contributed by atoms with E-state index in [9.17, 15) is 17.7 Å². The van der Waals surface area contributed by atoms with Gasteiger partial charge in [0.25, 0.3) is 0 Å². The molecule has 1 aliphatic rings. The highest BCUT2D eigenvalue weighted by Gasteiger charge is 2.57. The van der Waals surface area contributed by atoms with Crippen LogP contribution in [0.1, 0.15) is 25.3 Å². The molecule has 21 heavy (non-hydrogen) atoms. The number of hydrogen-bond donors (Lipinski definition) is 0. The summed E-state index contributed by atoms with van der Waals surface area (Å²) >= 11 is -1.66. The molecule has 0 aliphatic heterocycles. The fraction of sp³-hybridized carbons (Fsp3) is 0.438. The van der Waals surface area contributed by atoms with Crippen molar-refractivity contribution < 1.29 is 17.7 Å². The minimum atomic E-state index is -4.36. The first-order valence-corrected chi connectivity index (χ1v) is 8.07. The summed E-state index contributed by atoms with van der Waals surface area (Å²) in [5.41, 5.74) is -0.473. The maximum Gasteiger partial charge on any atom is 0.399 e. The molecule has 0 bridgehead atoms. The summed E-state index contributed by atoms with van der Waals surface area (Å²) in [5, 5.41) is 0. The molecule has 1 radical (unpaired) electrons. The summed E-state index contributed by atoms with van der Waals surface area (Å²) in [5.74, 6) is -0.386. The first-order valence-electron chi connectivity index (χ1n) is 6.75. The third kappa shape index (κ3) is 3.46. The van der Waals surface area contributed by atoms with Crippen LogP contribution in [-0.2, 0) is 11.2 Å². The first-order chi connectivity index (χ1) is 9.75. The van der Waals surface area contributed by atoms with Crippen LogP contribution in [0, 0.1) is 18.8 Å². The van der Waals surface area contributed by atoms with Gasteiger partial charge in [-0.2, -0.15) is 13.2 Å². The first kappa shape index (κ1) is 16.4. The van der Waals surface area contributed by atoms with Crippen molar-refractivity contribution in [1.82, 2.24) is 0 Å². The molecule has 5 heteroatoms. The molecule has 0 fully saturated rings. The molecule has 0 aromatic heterocycles. The molecule has 1 aromatic rings. The van der Waals surface area contributed by atoms with E-state index in [2.05, 4.69) is 0 Å². The van der Waals surface area contributed by atoms with Gasteiger partial charge in [-0.1, -0.05) is 29.8 Å². The summed E-state index contributed by atoms with van der Waals surface area (Å²) in [4.78, 5) is 0.494. The van der Waals surface area contributed by atoms with E-state index in [1.807, 2.05) is 0 Å². The van der Waals surface area contributed by atoms with E-state index in [-0.39, 0.29) is 18.6 Å². The molecule has 2 atom stereocenters. The lowest BCUT2D eigenvalue weighted by Gasteiger charge is -2.37. The number of allylic oxidation sites excluding steroid dienone is 2. The van der Waals surface area contributed by atoms with Gasteiger partial charge in [-0.25, -0.2) is 0 Å². The van der Waals surface area contributed by atoms with Crippen LogP contribution in [-0.4, -0.2) is 16.5 Å².